The van der Waals surface area contributed by atoms with Gasteiger partial charge in [-0.25, -0.2) is 0 Å². The predicted molar refractivity (Wildman–Crippen MR) is 107 cm³/mol. The molecule has 152 valence electrons. The van der Waals surface area contributed by atoms with Crippen LogP contribution in [0, 0.1) is 23.1 Å². The molecule has 2 rings (SSSR count). The van der Waals surface area contributed by atoms with Gasteiger partial charge in [-0.05, 0) is 43.7 Å². The lowest BCUT2D eigenvalue weighted by molar-refractivity contribution is -0.138. The van der Waals surface area contributed by atoms with Gasteiger partial charge in [0.1, 0.15) is 0 Å². The van der Waals surface area contributed by atoms with E-state index >= 15 is 0 Å². The quantitative estimate of drug-likeness (QED) is 0.594. The minimum atomic E-state index is -0.771. The van der Waals surface area contributed by atoms with Gasteiger partial charge in [-0.3, -0.25) is 9.59 Å². The van der Waals surface area contributed by atoms with Crippen LogP contribution in [0.15, 0.2) is 48.5 Å². The van der Waals surface area contributed by atoms with Gasteiger partial charge in [-0.1, -0.05) is 42.0 Å². The third-order valence-corrected chi connectivity index (χ3v) is 3.88. The summed E-state index contributed by atoms with van der Waals surface area (Å²) >= 11 is 0. The topological polar surface area (TPSA) is 150 Å². The minimum absolute atomic E-state index is 0.187. The summed E-state index contributed by atoms with van der Waals surface area (Å²) in [6.45, 7) is 2.04. The van der Waals surface area contributed by atoms with Gasteiger partial charge in [0.2, 0.25) is 5.39 Å². The Labute approximate surface area is 169 Å². The fraction of sp³-hybridized carbons (Fsp3) is 0.333. The standard InChI is InChI=1S/C11H14O2.C10H10N2O2.N2/c1-9-5-7-10(8-6-9)3-2-4-11(12)13;11-12-9-6-4-8(5-7-9)2-1-3-10(13)14;1-2/h5-8H,2-4H2,1H3,(H,12,13);4-7H,1-3H2;/p+1. The van der Waals surface area contributed by atoms with Crippen LogP contribution in [0.3, 0.4) is 0 Å². The lowest BCUT2D eigenvalue weighted by Crippen LogP contribution is -1.95. The fourth-order valence-corrected chi connectivity index (χ4v) is 2.37. The third-order valence-electron chi connectivity index (χ3n) is 3.88. The highest BCUT2D eigenvalue weighted by Crippen LogP contribution is 2.14. The Hall–Kier alpha value is -3.78. The predicted octanol–water partition coefficient (Wildman–Crippen LogP) is 5.01. The molecule has 0 amide bonds. The molecule has 2 aromatic carbocycles. The molecule has 0 heterocycles. The first-order valence-corrected chi connectivity index (χ1v) is 9.04. The molecule has 0 bridgehead atoms. The summed E-state index contributed by atoms with van der Waals surface area (Å²) in [7, 11) is 0. The molecule has 2 aromatic rings. The fourth-order valence-electron chi connectivity index (χ4n) is 2.37. The van der Waals surface area contributed by atoms with E-state index in [2.05, 4.69) is 29.2 Å². The molecule has 0 saturated heterocycles. The summed E-state index contributed by atoms with van der Waals surface area (Å²) < 4.78 is 0. The van der Waals surface area contributed by atoms with Crippen LogP contribution >= 0.6 is 0 Å². The summed E-state index contributed by atoms with van der Waals surface area (Å²) in [5.74, 6) is -1.49. The Morgan fingerprint density at radius 3 is 1.52 bits per heavy atom. The van der Waals surface area contributed by atoms with Gasteiger partial charge in [0.25, 0.3) is 0 Å². The SMILES string of the molecule is Cc1ccc(CCCC(=O)O)cc1.N#N.N#[N+]c1ccc(CCCC(=O)O)cc1. The summed E-state index contributed by atoms with van der Waals surface area (Å²) in [6, 6.07) is 15.3. The molecular formula is C21H25N4O4+. The van der Waals surface area contributed by atoms with E-state index in [-0.39, 0.29) is 12.8 Å². The van der Waals surface area contributed by atoms with Gasteiger partial charge < -0.3 is 10.2 Å². The molecule has 0 radical (unpaired) electrons. The number of rotatable bonds is 8. The molecule has 0 fully saturated rings. The molecule has 0 aliphatic heterocycles. The third kappa shape index (κ3) is 13.1. The number of aryl methyl sites for hydroxylation is 3. The van der Waals surface area contributed by atoms with Crippen molar-refractivity contribution in [2.75, 3.05) is 0 Å². The number of carboxylic acid groups (broad SMARTS) is 2. The van der Waals surface area contributed by atoms with E-state index in [1.54, 1.807) is 12.1 Å². The number of hydrogen-bond acceptors (Lipinski definition) is 5. The molecule has 0 unspecified atom stereocenters. The monoisotopic (exact) mass is 397 g/mol. The maximum absolute atomic E-state index is 10.2. The largest absolute Gasteiger partial charge is 0.481 e. The number of carboxylic acids is 2. The van der Waals surface area contributed by atoms with E-state index in [9.17, 15) is 9.59 Å². The summed E-state index contributed by atoms with van der Waals surface area (Å²) in [6.07, 6.45) is 3.38. The molecule has 0 atom stereocenters. The van der Waals surface area contributed by atoms with Crippen molar-refractivity contribution in [2.24, 2.45) is 0 Å². The van der Waals surface area contributed by atoms with Crippen LogP contribution in [0.25, 0.3) is 4.98 Å². The first-order valence-electron chi connectivity index (χ1n) is 9.04. The molecule has 0 spiro atoms. The molecule has 8 heteroatoms. The lowest BCUT2D eigenvalue weighted by atomic mass is 10.1. The highest BCUT2D eigenvalue weighted by Gasteiger charge is 2.03. The van der Waals surface area contributed by atoms with E-state index in [4.69, 9.17) is 26.4 Å². The van der Waals surface area contributed by atoms with E-state index in [1.807, 2.05) is 19.1 Å². The first-order chi connectivity index (χ1) is 13.9. The highest BCUT2D eigenvalue weighted by molar-refractivity contribution is 5.66. The van der Waals surface area contributed by atoms with E-state index in [0.717, 1.165) is 24.8 Å². The van der Waals surface area contributed by atoms with Crippen molar-refractivity contribution in [3.8, 4) is 0 Å². The Bertz CT molecular complexity index is 809. The van der Waals surface area contributed by atoms with Gasteiger partial charge in [-0.2, -0.15) is 0 Å². The van der Waals surface area contributed by atoms with Gasteiger partial charge in [0.15, 0.2) is 4.98 Å². The van der Waals surface area contributed by atoms with Gasteiger partial charge in [-0.15, -0.1) is 0 Å². The van der Waals surface area contributed by atoms with Crippen LogP contribution in [0.5, 0.6) is 0 Å². The maximum atomic E-state index is 10.2. The number of benzene rings is 2. The van der Waals surface area contributed by atoms with Crippen LogP contribution in [0.4, 0.5) is 5.69 Å². The molecular weight excluding hydrogens is 372 g/mol. The van der Waals surface area contributed by atoms with Crippen molar-refractivity contribution in [1.29, 1.82) is 16.2 Å². The normalized spacial score (nSPS) is 9.03. The van der Waals surface area contributed by atoms with Crippen LogP contribution in [0.1, 0.15) is 42.4 Å². The Morgan fingerprint density at radius 2 is 1.17 bits per heavy atom. The Morgan fingerprint density at radius 1 is 0.793 bits per heavy atom. The number of nitrogens with zero attached hydrogens (tertiary/aromatic N) is 4. The van der Waals surface area contributed by atoms with Crippen molar-refractivity contribution in [3.63, 3.8) is 0 Å². The van der Waals surface area contributed by atoms with Crippen LogP contribution in [0.2, 0.25) is 0 Å². The summed E-state index contributed by atoms with van der Waals surface area (Å²) in [4.78, 5) is 23.5. The lowest BCUT2D eigenvalue weighted by Gasteiger charge is -1.99. The average Bonchev–Trinajstić information content (AvgIpc) is 2.71. The van der Waals surface area contributed by atoms with Crippen molar-refractivity contribution >= 4 is 17.6 Å². The molecule has 0 saturated carbocycles. The zero-order chi connectivity index (χ0) is 22.1. The highest BCUT2D eigenvalue weighted by atomic mass is 16.4. The second-order valence-corrected chi connectivity index (χ2v) is 6.25. The molecule has 29 heavy (non-hydrogen) atoms. The molecule has 2 N–H and O–H groups in total. The number of hydrogen-bond donors (Lipinski definition) is 2. The maximum Gasteiger partial charge on any atom is 0.385 e. The van der Waals surface area contributed by atoms with Gasteiger partial charge in [0.05, 0.1) is 0 Å². The van der Waals surface area contributed by atoms with Crippen LogP contribution < -0.4 is 0 Å². The Balaban J connectivity index is 0.000000499. The number of aliphatic carboxylic acids is 2. The van der Waals surface area contributed by atoms with Gasteiger partial charge >= 0.3 is 17.6 Å². The molecule has 8 nitrogen and oxygen atoms in total. The van der Waals surface area contributed by atoms with Crippen molar-refractivity contribution < 1.29 is 19.8 Å². The van der Waals surface area contributed by atoms with Gasteiger partial charge in [0, 0.05) is 35.8 Å². The zero-order valence-electron chi connectivity index (χ0n) is 16.4. The zero-order valence-corrected chi connectivity index (χ0v) is 16.4. The second-order valence-electron chi connectivity index (χ2n) is 6.25. The van der Waals surface area contributed by atoms with Crippen LogP contribution in [-0.4, -0.2) is 22.2 Å². The summed E-state index contributed by atoms with van der Waals surface area (Å²) in [5.41, 5.74) is 4.01. The van der Waals surface area contributed by atoms with Crippen molar-refractivity contribution in [1.82, 2.24) is 0 Å². The Kier molecular flexibility index (Phi) is 13.3. The number of carbonyl (C=O) groups is 2. The molecule has 0 aliphatic rings. The summed E-state index contributed by atoms with van der Waals surface area (Å²) in [5, 5.41) is 37.3. The average molecular weight is 397 g/mol. The van der Waals surface area contributed by atoms with Crippen LogP contribution in [-0.2, 0) is 22.4 Å². The van der Waals surface area contributed by atoms with E-state index in [1.165, 1.54) is 11.1 Å². The van der Waals surface area contributed by atoms with E-state index in [0.29, 0.717) is 12.1 Å². The smallest absolute Gasteiger partial charge is 0.385 e. The molecule has 0 aromatic heterocycles. The molecule has 0 aliphatic carbocycles. The van der Waals surface area contributed by atoms with E-state index < -0.39 is 11.9 Å². The van der Waals surface area contributed by atoms with Crippen molar-refractivity contribution in [3.05, 3.63) is 70.2 Å². The first kappa shape index (κ1) is 25.2. The van der Waals surface area contributed by atoms with Crippen molar-refractivity contribution in [2.45, 2.75) is 45.4 Å². The minimum Gasteiger partial charge on any atom is -0.481 e. The second kappa shape index (κ2) is 15.3. The number of diazo groups is 1.